The van der Waals surface area contributed by atoms with Crippen molar-refractivity contribution in [3.05, 3.63) is 28.3 Å². The van der Waals surface area contributed by atoms with E-state index in [1.165, 1.54) is 31.7 Å². The van der Waals surface area contributed by atoms with Crippen molar-refractivity contribution in [2.75, 3.05) is 18.8 Å². The number of amides is 1. The molecule has 6 heteroatoms. The van der Waals surface area contributed by atoms with E-state index in [0.29, 0.717) is 29.1 Å². The summed E-state index contributed by atoms with van der Waals surface area (Å²) in [5, 5.41) is 0.667. The summed E-state index contributed by atoms with van der Waals surface area (Å²) >= 11 is 1.80. The lowest BCUT2D eigenvalue weighted by Crippen LogP contribution is -2.32. The van der Waals surface area contributed by atoms with Gasteiger partial charge in [-0.25, -0.2) is 4.79 Å². The Labute approximate surface area is 140 Å². The second kappa shape index (κ2) is 7.43. The number of hydrogen-bond acceptors (Lipinski definition) is 5. The molecule has 1 saturated carbocycles. The molecule has 2 fully saturated rings. The van der Waals surface area contributed by atoms with Gasteiger partial charge in [-0.3, -0.25) is 4.79 Å². The summed E-state index contributed by atoms with van der Waals surface area (Å²) in [7, 11) is 0. The average Bonchev–Trinajstić information content (AvgIpc) is 3.15. The Morgan fingerprint density at radius 1 is 1.35 bits per heavy atom. The minimum atomic E-state index is -0.404. The standard InChI is InChI=1S/C17H23NO4S/c1-12-8-14(9-17(20)21-12)22-13-6-7-18(10-13)16(19)11-23-15-4-2-3-5-15/h8-9,13,15H,2-7,10-11H2,1H3. The molecule has 0 radical (unpaired) electrons. The molecule has 1 aromatic heterocycles. The van der Waals surface area contributed by atoms with Gasteiger partial charge in [-0.2, -0.15) is 0 Å². The molecule has 1 aliphatic heterocycles. The lowest BCUT2D eigenvalue weighted by atomic mass is 10.3. The maximum absolute atomic E-state index is 12.3. The van der Waals surface area contributed by atoms with E-state index in [2.05, 4.69) is 0 Å². The lowest BCUT2D eigenvalue weighted by Gasteiger charge is -2.18. The zero-order chi connectivity index (χ0) is 16.2. The largest absolute Gasteiger partial charge is 0.488 e. The highest BCUT2D eigenvalue weighted by Gasteiger charge is 2.28. The van der Waals surface area contributed by atoms with Gasteiger partial charge in [-0.05, 0) is 19.8 Å². The molecule has 1 saturated heterocycles. The monoisotopic (exact) mass is 337 g/mol. The third-order valence-corrected chi connectivity index (χ3v) is 5.77. The molecule has 0 N–H and O–H groups in total. The molecule has 1 aromatic rings. The van der Waals surface area contributed by atoms with Gasteiger partial charge in [-0.15, -0.1) is 11.8 Å². The Balaban J connectivity index is 1.47. The Morgan fingerprint density at radius 3 is 2.87 bits per heavy atom. The molecule has 1 amide bonds. The van der Waals surface area contributed by atoms with Gasteiger partial charge in [-0.1, -0.05) is 12.8 Å². The van der Waals surface area contributed by atoms with Gasteiger partial charge < -0.3 is 14.1 Å². The average molecular weight is 337 g/mol. The fourth-order valence-corrected chi connectivity index (χ4v) is 4.45. The predicted molar refractivity (Wildman–Crippen MR) is 90.0 cm³/mol. The van der Waals surface area contributed by atoms with Crippen molar-refractivity contribution < 1.29 is 13.9 Å². The van der Waals surface area contributed by atoms with Crippen LogP contribution in [0.3, 0.4) is 0 Å². The first kappa shape index (κ1) is 16.4. The van der Waals surface area contributed by atoms with Crippen molar-refractivity contribution in [1.82, 2.24) is 4.90 Å². The zero-order valence-corrected chi connectivity index (χ0v) is 14.3. The Morgan fingerprint density at radius 2 is 2.13 bits per heavy atom. The molecular formula is C17H23NO4S. The molecule has 5 nitrogen and oxygen atoms in total. The number of carbonyl (C=O) groups is 1. The van der Waals surface area contributed by atoms with Gasteiger partial charge in [0.25, 0.3) is 0 Å². The van der Waals surface area contributed by atoms with Crippen LogP contribution in [0.1, 0.15) is 37.9 Å². The minimum Gasteiger partial charge on any atom is -0.488 e. The lowest BCUT2D eigenvalue weighted by molar-refractivity contribution is -0.127. The second-order valence-corrected chi connectivity index (χ2v) is 7.60. The Hall–Kier alpha value is -1.43. The number of hydrogen-bond donors (Lipinski definition) is 0. The number of aryl methyl sites for hydroxylation is 1. The van der Waals surface area contributed by atoms with Crippen LogP contribution in [0.15, 0.2) is 21.3 Å². The number of carbonyl (C=O) groups excluding carboxylic acids is 1. The van der Waals surface area contributed by atoms with E-state index in [-0.39, 0.29) is 12.0 Å². The summed E-state index contributed by atoms with van der Waals surface area (Å²) < 4.78 is 10.8. The Bertz CT molecular complexity index is 609. The maximum Gasteiger partial charge on any atom is 0.339 e. The van der Waals surface area contributed by atoms with Crippen LogP contribution in [-0.4, -0.2) is 41.0 Å². The van der Waals surface area contributed by atoms with Crippen LogP contribution < -0.4 is 10.4 Å². The number of likely N-dealkylation sites (tertiary alicyclic amines) is 1. The number of ether oxygens (including phenoxy) is 1. The summed E-state index contributed by atoms with van der Waals surface area (Å²) in [5.41, 5.74) is -0.404. The first-order chi connectivity index (χ1) is 11.1. The molecule has 1 unspecified atom stereocenters. The molecule has 1 aliphatic carbocycles. The Kier molecular flexibility index (Phi) is 5.30. The minimum absolute atomic E-state index is 0.0448. The van der Waals surface area contributed by atoms with Gasteiger partial charge in [0.2, 0.25) is 5.91 Å². The van der Waals surface area contributed by atoms with Gasteiger partial charge in [0.15, 0.2) is 0 Å². The summed E-state index contributed by atoms with van der Waals surface area (Å²) in [6, 6.07) is 3.06. The van der Waals surface area contributed by atoms with E-state index in [9.17, 15) is 9.59 Å². The van der Waals surface area contributed by atoms with Crippen LogP contribution >= 0.6 is 11.8 Å². The van der Waals surface area contributed by atoms with Crippen LogP contribution in [-0.2, 0) is 4.79 Å². The van der Waals surface area contributed by atoms with Crippen molar-refractivity contribution in [3.63, 3.8) is 0 Å². The molecule has 23 heavy (non-hydrogen) atoms. The third kappa shape index (κ3) is 4.53. The van der Waals surface area contributed by atoms with Crippen LogP contribution in [0.4, 0.5) is 0 Å². The number of nitrogens with zero attached hydrogens (tertiary/aromatic N) is 1. The van der Waals surface area contributed by atoms with Crippen molar-refractivity contribution >= 4 is 17.7 Å². The van der Waals surface area contributed by atoms with E-state index in [1.54, 1.807) is 24.8 Å². The first-order valence-electron chi connectivity index (χ1n) is 8.28. The van der Waals surface area contributed by atoms with E-state index in [4.69, 9.17) is 9.15 Å². The molecular weight excluding hydrogens is 314 g/mol. The second-order valence-electron chi connectivity index (χ2n) is 6.31. The van der Waals surface area contributed by atoms with Gasteiger partial charge in [0.05, 0.1) is 18.4 Å². The highest BCUT2D eigenvalue weighted by Crippen LogP contribution is 2.29. The normalized spacial score (nSPS) is 21.8. The van der Waals surface area contributed by atoms with Crippen molar-refractivity contribution in [1.29, 1.82) is 0 Å². The van der Waals surface area contributed by atoms with Crippen LogP contribution in [0.5, 0.6) is 5.75 Å². The highest BCUT2D eigenvalue weighted by molar-refractivity contribution is 8.00. The van der Waals surface area contributed by atoms with Crippen molar-refractivity contribution in [2.24, 2.45) is 0 Å². The van der Waals surface area contributed by atoms with E-state index in [0.717, 1.165) is 13.0 Å². The quantitative estimate of drug-likeness (QED) is 0.826. The molecule has 0 aromatic carbocycles. The first-order valence-corrected chi connectivity index (χ1v) is 9.33. The molecule has 0 spiro atoms. The highest BCUT2D eigenvalue weighted by atomic mass is 32.2. The molecule has 126 valence electrons. The molecule has 2 aliphatic rings. The van der Waals surface area contributed by atoms with E-state index in [1.807, 2.05) is 4.90 Å². The van der Waals surface area contributed by atoms with Crippen LogP contribution in [0.25, 0.3) is 0 Å². The van der Waals surface area contributed by atoms with Crippen molar-refractivity contribution in [2.45, 2.75) is 50.4 Å². The third-order valence-electron chi connectivity index (χ3n) is 4.41. The SMILES string of the molecule is Cc1cc(OC2CCN(C(=O)CSC3CCCC3)C2)cc(=O)o1. The van der Waals surface area contributed by atoms with Crippen molar-refractivity contribution in [3.8, 4) is 5.75 Å². The maximum atomic E-state index is 12.3. The summed E-state index contributed by atoms with van der Waals surface area (Å²) in [6.07, 6.45) is 5.86. The van der Waals surface area contributed by atoms with E-state index >= 15 is 0 Å². The fourth-order valence-electron chi connectivity index (χ4n) is 3.22. The topological polar surface area (TPSA) is 59.8 Å². The molecule has 1 atom stereocenters. The van der Waals surface area contributed by atoms with Gasteiger partial charge >= 0.3 is 5.63 Å². The zero-order valence-electron chi connectivity index (χ0n) is 13.5. The van der Waals surface area contributed by atoms with Crippen LogP contribution in [0.2, 0.25) is 0 Å². The van der Waals surface area contributed by atoms with Crippen LogP contribution in [0, 0.1) is 6.92 Å². The molecule has 2 heterocycles. The fraction of sp³-hybridized carbons (Fsp3) is 0.647. The summed E-state index contributed by atoms with van der Waals surface area (Å²) in [6.45, 7) is 3.05. The smallest absolute Gasteiger partial charge is 0.339 e. The predicted octanol–water partition coefficient (Wildman–Crippen LogP) is 2.60. The van der Waals surface area contributed by atoms with E-state index < -0.39 is 5.63 Å². The van der Waals surface area contributed by atoms with Gasteiger partial charge in [0.1, 0.15) is 17.6 Å². The van der Waals surface area contributed by atoms with Gasteiger partial charge in [0, 0.05) is 24.3 Å². The number of rotatable bonds is 5. The summed E-state index contributed by atoms with van der Waals surface area (Å²) in [5.74, 6) is 1.84. The molecule has 3 rings (SSSR count). The number of thioether (sulfide) groups is 1. The summed E-state index contributed by atoms with van der Waals surface area (Å²) in [4.78, 5) is 25.5. The molecule has 0 bridgehead atoms.